The Morgan fingerprint density at radius 1 is 0.914 bits per heavy atom. The van der Waals surface area contributed by atoms with Crippen LogP contribution in [-0.2, 0) is 9.47 Å². The summed E-state index contributed by atoms with van der Waals surface area (Å²) in [6, 6.07) is 8.35. The third-order valence-electron chi connectivity index (χ3n) is 5.81. The highest BCUT2D eigenvalue weighted by molar-refractivity contribution is 7.21. The fourth-order valence-electron chi connectivity index (χ4n) is 3.90. The van der Waals surface area contributed by atoms with E-state index in [-0.39, 0.29) is 0 Å². The van der Waals surface area contributed by atoms with Gasteiger partial charge in [-0.25, -0.2) is 4.98 Å². The minimum Gasteiger partial charge on any atom is -0.497 e. The quantitative estimate of drug-likeness (QED) is 0.504. The van der Waals surface area contributed by atoms with Gasteiger partial charge in [0.15, 0.2) is 5.82 Å². The van der Waals surface area contributed by atoms with Crippen molar-refractivity contribution in [3.05, 3.63) is 40.8 Å². The van der Waals surface area contributed by atoms with Crippen LogP contribution in [0.4, 0.5) is 11.8 Å². The lowest BCUT2D eigenvalue weighted by Gasteiger charge is -2.30. The molecule has 0 saturated carbocycles. The van der Waals surface area contributed by atoms with Crippen molar-refractivity contribution in [2.75, 3.05) is 69.5 Å². The van der Waals surface area contributed by atoms with Crippen LogP contribution in [0.15, 0.2) is 30.3 Å². The van der Waals surface area contributed by atoms with Crippen LogP contribution in [0.25, 0.3) is 10.2 Å². The number of methoxy groups -OCH3 is 1. The summed E-state index contributed by atoms with van der Waals surface area (Å²) in [5, 5.41) is 0. The Hall–Kier alpha value is -3.48. The topological polar surface area (TPSA) is 118 Å². The van der Waals surface area contributed by atoms with Gasteiger partial charge in [-0.15, -0.1) is 11.3 Å². The molecule has 184 valence electrons. The molecule has 0 bridgehead atoms. The molecule has 2 aliphatic heterocycles. The predicted octanol–water partition coefficient (Wildman–Crippen LogP) is 1.45. The van der Waals surface area contributed by atoms with Crippen molar-refractivity contribution in [2.24, 2.45) is 0 Å². The molecule has 0 spiro atoms. The number of hydrogen-bond acceptors (Lipinski definition) is 10. The maximum Gasteiger partial charge on any atom is 0.279 e. The molecule has 2 aromatic heterocycles. The van der Waals surface area contributed by atoms with Gasteiger partial charge in [0, 0.05) is 31.7 Å². The van der Waals surface area contributed by atoms with Gasteiger partial charge in [-0.1, -0.05) is 0 Å². The second kappa shape index (κ2) is 10.4. The van der Waals surface area contributed by atoms with Crippen LogP contribution in [0.5, 0.6) is 5.75 Å². The van der Waals surface area contributed by atoms with Crippen molar-refractivity contribution in [1.29, 1.82) is 0 Å². The molecule has 2 aliphatic rings. The Labute approximate surface area is 206 Å². The standard InChI is InChI=1S/C23H26N6O5S/c1-32-16-4-2-15(3-5-16)21(30)26-27-22(31)18-14-17-19(35-18)20(28-6-10-33-11-7-28)25-23(24-17)29-8-12-34-13-9-29/h2-5,14H,6-13H2,1H3,(H,26,30)(H,27,31). The Morgan fingerprint density at radius 3 is 2.20 bits per heavy atom. The number of anilines is 2. The first-order chi connectivity index (χ1) is 17.1. The van der Waals surface area contributed by atoms with E-state index in [9.17, 15) is 9.59 Å². The number of amides is 2. The van der Waals surface area contributed by atoms with Crippen molar-refractivity contribution >= 4 is 45.1 Å². The highest BCUT2D eigenvalue weighted by atomic mass is 32.1. The number of aromatic nitrogens is 2. The Kier molecular flexibility index (Phi) is 6.93. The van der Waals surface area contributed by atoms with E-state index in [4.69, 9.17) is 24.2 Å². The van der Waals surface area contributed by atoms with Crippen LogP contribution in [0.1, 0.15) is 20.0 Å². The van der Waals surface area contributed by atoms with Gasteiger partial charge in [-0.3, -0.25) is 20.4 Å². The average molecular weight is 499 g/mol. The fraction of sp³-hybridized carbons (Fsp3) is 0.391. The minimum atomic E-state index is -0.425. The largest absolute Gasteiger partial charge is 0.497 e. The summed E-state index contributed by atoms with van der Waals surface area (Å²) in [6.07, 6.45) is 0. The molecule has 4 heterocycles. The lowest BCUT2D eigenvalue weighted by molar-refractivity contribution is 0.0849. The zero-order valence-electron chi connectivity index (χ0n) is 19.3. The van der Waals surface area contributed by atoms with Gasteiger partial charge >= 0.3 is 0 Å². The Bertz CT molecular complexity index is 1210. The zero-order valence-corrected chi connectivity index (χ0v) is 20.1. The van der Waals surface area contributed by atoms with E-state index in [0.29, 0.717) is 80.3 Å². The smallest absolute Gasteiger partial charge is 0.279 e. The zero-order chi connectivity index (χ0) is 24.2. The van der Waals surface area contributed by atoms with E-state index in [1.165, 1.54) is 11.3 Å². The maximum absolute atomic E-state index is 12.9. The van der Waals surface area contributed by atoms with Crippen molar-refractivity contribution in [3.8, 4) is 5.75 Å². The van der Waals surface area contributed by atoms with Gasteiger partial charge in [-0.2, -0.15) is 4.98 Å². The highest BCUT2D eigenvalue weighted by Gasteiger charge is 2.24. The van der Waals surface area contributed by atoms with Crippen molar-refractivity contribution < 1.29 is 23.8 Å². The Morgan fingerprint density at radius 2 is 1.54 bits per heavy atom. The number of thiophene rings is 1. The number of benzene rings is 1. The van der Waals surface area contributed by atoms with Crippen LogP contribution in [0.2, 0.25) is 0 Å². The lowest BCUT2D eigenvalue weighted by Crippen LogP contribution is -2.41. The molecule has 0 atom stereocenters. The lowest BCUT2D eigenvalue weighted by atomic mass is 10.2. The molecule has 0 unspecified atom stereocenters. The number of nitrogens with zero attached hydrogens (tertiary/aromatic N) is 4. The highest BCUT2D eigenvalue weighted by Crippen LogP contribution is 2.34. The first-order valence-electron chi connectivity index (χ1n) is 11.3. The van der Waals surface area contributed by atoms with Crippen LogP contribution >= 0.6 is 11.3 Å². The van der Waals surface area contributed by atoms with Crippen LogP contribution in [-0.4, -0.2) is 81.5 Å². The number of morpholine rings is 2. The van der Waals surface area contributed by atoms with Gasteiger partial charge in [0.1, 0.15) is 5.75 Å². The molecule has 0 aliphatic carbocycles. The molecule has 12 heteroatoms. The predicted molar refractivity (Wildman–Crippen MR) is 131 cm³/mol. The van der Waals surface area contributed by atoms with Gasteiger partial charge in [0.25, 0.3) is 11.8 Å². The number of ether oxygens (including phenoxy) is 3. The molecular formula is C23H26N6O5S. The van der Waals surface area contributed by atoms with Gasteiger partial charge in [0.2, 0.25) is 5.95 Å². The van der Waals surface area contributed by atoms with Crippen molar-refractivity contribution in [2.45, 2.75) is 0 Å². The molecule has 2 amide bonds. The van der Waals surface area contributed by atoms with Gasteiger partial charge in [-0.05, 0) is 30.3 Å². The van der Waals surface area contributed by atoms with E-state index in [0.717, 1.165) is 10.5 Å². The van der Waals surface area contributed by atoms with Crippen molar-refractivity contribution in [3.63, 3.8) is 0 Å². The number of fused-ring (bicyclic) bond motifs is 1. The molecule has 2 fully saturated rings. The third-order valence-corrected chi connectivity index (χ3v) is 6.93. The maximum atomic E-state index is 12.9. The molecule has 5 rings (SSSR count). The van der Waals surface area contributed by atoms with E-state index in [2.05, 4.69) is 20.7 Å². The Balaban J connectivity index is 1.37. The molecule has 35 heavy (non-hydrogen) atoms. The number of carbonyl (C=O) groups excluding carboxylic acids is 2. The monoisotopic (exact) mass is 498 g/mol. The van der Waals surface area contributed by atoms with E-state index < -0.39 is 11.8 Å². The van der Waals surface area contributed by atoms with Crippen LogP contribution in [0.3, 0.4) is 0 Å². The van der Waals surface area contributed by atoms with E-state index in [1.54, 1.807) is 37.4 Å². The molecular weight excluding hydrogens is 472 g/mol. The summed E-state index contributed by atoms with van der Waals surface area (Å²) in [5.74, 6) is 1.22. The molecule has 2 N–H and O–H groups in total. The normalized spacial score (nSPS) is 16.3. The number of carbonyl (C=O) groups is 2. The molecule has 3 aromatic rings. The summed E-state index contributed by atoms with van der Waals surface area (Å²) >= 11 is 1.30. The van der Waals surface area contributed by atoms with E-state index >= 15 is 0 Å². The summed E-state index contributed by atoms with van der Waals surface area (Å²) in [7, 11) is 1.55. The number of hydrogen-bond donors (Lipinski definition) is 2. The summed E-state index contributed by atoms with van der Waals surface area (Å²) in [4.78, 5) is 39.6. The van der Waals surface area contributed by atoms with Crippen LogP contribution in [0, 0.1) is 0 Å². The van der Waals surface area contributed by atoms with E-state index in [1.807, 2.05) is 0 Å². The number of rotatable bonds is 5. The molecule has 11 nitrogen and oxygen atoms in total. The molecule has 1 aromatic carbocycles. The second-order valence-corrected chi connectivity index (χ2v) is 9.06. The first kappa shape index (κ1) is 23.3. The number of nitrogens with one attached hydrogen (secondary N) is 2. The number of hydrazine groups is 1. The molecule has 2 saturated heterocycles. The van der Waals surface area contributed by atoms with Crippen molar-refractivity contribution in [1.82, 2.24) is 20.8 Å². The fourth-order valence-corrected chi connectivity index (χ4v) is 4.91. The van der Waals surface area contributed by atoms with Gasteiger partial charge < -0.3 is 24.0 Å². The van der Waals surface area contributed by atoms with Crippen LogP contribution < -0.4 is 25.4 Å². The summed E-state index contributed by atoms with van der Waals surface area (Å²) in [6.45, 7) is 5.34. The average Bonchev–Trinajstić information content (AvgIpc) is 3.36. The SMILES string of the molecule is COc1ccc(C(=O)NNC(=O)c2cc3nc(N4CCOCC4)nc(N4CCOCC4)c3s2)cc1. The third kappa shape index (κ3) is 5.14. The molecule has 0 radical (unpaired) electrons. The first-order valence-corrected chi connectivity index (χ1v) is 12.2. The summed E-state index contributed by atoms with van der Waals surface area (Å²) < 4.78 is 16.9. The second-order valence-electron chi connectivity index (χ2n) is 8.01. The summed E-state index contributed by atoms with van der Waals surface area (Å²) in [5.41, 5.74) is 6.05. The van der Waals surface area contributed by atoms with Gasteiger partial charge in [0.05, 0.1) is 48.6 Å². The minimum absolute atomic E-state index is 0.401.